The zero-order valence-electron chi connectivity index (χ0n) is 11.7. The molecule has 0 amide bonds. The van der Waals surface area contributed by atoms with E-state index in [1.54, 1.807) is 6.07 Å². The van der Waals surface area contributed by atoms with Crippen molar-refractivity contribution in [1.82, 2.24) is 9.97 Å². The first-order valence-corrected chi connectivity index (χ1v) is 7.05. The molecule has 6 heteroatoms. The Morgan fingerprint density at radius 2 is 1.95 bits per heavy atom. The average molecular weight is 299 g/mol. The first-order chi connectivity index (χ1) is 10.8. The first kappa shape index (κ1) is 12.9. The van der Waals surface area contributed by atoms with Crippen LogP contribution >= 0.6 is 0 Å². The van der Waals surface area contributed by atoms with Crippen LogP contribution < -0.4 is 14.8 Å². The lowest BCUT2D eigenvalue weighted by Crippen LogP contribution is -2.15. The number of hydrogen-bond acceptors (Lipinski definition) is 4. The Hall–Kier alpha value is -2.76. The molecule has 0 spiro atoms. The minimum absolute atomic E-state index is 0.245. The molecule has 0 bridgehead atoms. The van der Waals surface area contributed by atoms with Crippen molar-refractivity contribution >= 4 is 17.0 Å². The number of ether oxygens (including phenoxy) is 2. The molecule has 3 aromatic rings. The first-order valence-electron chi connectivity index (χ1n) is 7.05. The maximum absolute atomic E-state index is 13.2. The molecular weight excluding hydrogens is 285 g/mol. The lowest BCUT2D eigenvalue weighted by Gasteiger charge is -2.17. The number of hydrogen-bond donors (Lipinski definition) is 2. The Morgan fingerprint density at radius 1 is 1.14 bits per heavy atom. The summed E-state index contributed by atoms with van der Waals surface area (Å²) in [7, 11) is 0. The van der Waals surface area contributed by atoms with Gasteiger partial charge in [0.15, 0.2) is 11.5 Å². The number of fused-ring (bicyclic) bond motifs is 2. The highest BCUT2D eigenvalue weighted by molar-refractivity contribution is 5.81. The van der Waals surface area contributed by atoms with Crippen molar-refractivity contribution < 1.29 is 13.9 Å². The number of rotatable bonds is 3. The van der Waals surface area contributed by atoms with Gasteiger partial charge in [0.05, 0.1) is 11.0 Å². The standard InChI is InChI=1S/C16H14FN3O2/c17-11-3-1-2-10(6-11)9-18-16-19-12-7-14-15(8-13(12)20-16)22-5-4-21-14/h1-3,6-8H,4-5,9H2,(H2,18,19,20). The summed E-state index contributed by atoms with van der Waals surface area (Å²) in [6.45, 7) is 1.59. The Balaban J connectivity index is 1.57. The van der Waals surface area contributed by atoms with Crippen LogP contribution in [0.25, 0.3) is 11.0 Å². The number of aromatic amines is 1. The molecule has 4 rings (SSSR count). The Morgan fingerprint density at radius 3 is 2.77 bits per heavy atom. The molecule has 1 aliphatic heterocycles. The van der Waals surface area contributed by atoms with Crippen molar-refractivity contribution in [3.63, 3.8) is 0 Å². The number of H-pyrrole nitrogens is 1. The van der Waals surface area contributed by atoms with Crippen molar-refractivity contribution in [3.05, 3.63) is 47.8 Å². The van der Waals surface area contributed by atoms with Gasteiger partial charge in [-0.2, -0.15) is 0 Å². The van der Waals surface area contributed by atoms with E-state index in [0.717, 1.165) is 22.3 Å². The summed E-state index contributed by atoms with van der Waals surface area (Å²) < 4.78 is 24.2. The van der Waals surface area contributed by atoms with Gasteiger partial charge in [-0.15, -0.1) is 0 Å². The molecule has 0 atom stereocenters. The second-order valence-electron chi connectivity index (χ2n) is 5.08. The quantitative estimate of drug-likeness (QED) is 0.780. The summed E-state index contributed by atoms with van der Waals surface area (Å²) in [5.41, 5.74) is 2.52. The lowest BCUT2D eigenvalue weighted by molar-refractivity contribution is 0.172. The van der Waals surface area contributed by atoms with Crippen LogP contribution in [0.4, 0.5) is 10.3 Å². The highest BCUT2D eigenvalue weighted by Crippen LogP contribution is 2.34. The summed E-state index contributed by atoms with van der Waals surface area (Å²) >= 11 is 0. The van der Waals surface area contributed by atoms with Crippen molar-refractivity contribution in [1.29, 1.82) is 0 Å². The Kier molecular flexibility index (Phi) is 3.07. The van der Waals surface area contributed by atoms with E-state index in [1.807, 2.05) is 18.2 Å². The van der Waals surface area contributed by atoms with E-state index in [1.165, 1.54) is 12.1 Å². The third kappa shape index (κ3) is 2.43. The molecule has 0 unspecified atom stereocenters. The predicted molar refractivity (Wildman–Crippen MR) is 80.8 cm³/mol. The average Bonchev–Trinajstić information content (AvgIpc) is 2.92. The van der Waals surface area contributed by atoms with Crippen molar-refractivity contribution in [2.75, 3.05) is 18.5 Å². The summed E-state index contributed by atoms with van der Waals surface area (Å²) in [5.74, 6) is 1.81. The minimum Gasteiger partial charge on any atom is -0.486 e. The lowest BCUT2D eigenvalue weighted by atomic mass is 10.2. The van der Waals surface area contributed by atoms with Gasteiger partial charge in [0.25, 0.3) is 0 Å². The highest BCUT2D eigenvalue weighted by Gasteiger charge is 2.14. The molecule has 22 heavy (non-hydrogen) atoms. The van der Waals surface area contributed by atoms with E-state index in [4.69, 9.17) is 9.47 Å². The fourth-order valence-corrected chi connectivity index (χ4v) is 2.46. The molecule has 0 saturated carbocycles. The molecule has 0 saturated heterocycles. The molecule has 112 valence electrons. The van der Waals surface area contributed by atoms with E-state index in [0.29, 0.717) is 31.5 Å². The van der Waals surface area contributed by atoms with Crippen molar-refractivity contribution in [2.45, 2.75) is 6.54 Å². The van der Waals surface area contributed by atoms with Crippen LogP contribution in [0.2, 0.25) is 0 Å². The number of nitrogens with zero attached hydrogens (tertiary/aromatic N) is 1. The molecule has 1 aliphatic rings. The second-order valence-corrected chi connectivity index (χ2v) is 5.08. The summed E-state index contributed by atoms with van der Waals surface area (Å²) in [6, 6.07) is 10.2. The van der Waals surface area contributed by atoms with Crippen LogP contribution in [0, 0.1) is 5.82 Å². The maximum atomic E-state index is 13.2. The van der Waals surface area contributed by atoms with Crippen molar-refractivity contribution in [2.24, 2.45) is 0 Å². The van der Waals surface area contributed by atoms with Gasteiger partial charge in [-0.25, -0.2) is 9.37 Å². The van der Waals surface area contributed by atoms with Crippen LogP contribution in [0.1, 0.15) is 5.56 Å². The van der Waals surface area contributed by atoms with Gasteiger partial charge < -0.3 is 19.8 Å². The molecule has 2 aromatic carbocycles. The zero-order chi connectivity index (χ0) is 14.9. The van der Waals surface area contributed by atoms with E-state index in [9.17, 15) is 4.39 Å². The minimum atomic E-state index is -0.245. The molecule has 1 aromatic heterocycles. The van der Waals surface area contributed by atoms with Crippen LogP contribution in [-0.4, -0.2) is 23.2 Å². The molecule has 5 nitrogen and oxygen atoms in total. The van der Waals surface area contributed by atoms with Gasteiger partial charge in [-0.1, -0.05) is 12.1 Å². The highest BCUT2D eigenvalue weighted by atomic mass is 19.1. The second kappa shape index (κ2) is 5.22. The van der Waals surface area contributed by atoms with E-state index in [2.05, 4.69) is 15.3 Å². The monoisotopic (exact) mass is 299 g/mol. The normalized spacial score (nSPS) is 13.3. The predicted octanol–water partition coefficient (Wildman–Crippen LogP) is 3.09. The Labute approximate surface area is 126 Å². The zero-order valence-corrected chi connectivity index (χ0v) is 11.7. The third-order valence-corrected chi connectivity index (χ3v) is 3.49. The van der Waals surface area contributed by atoms with Crippen molar-refractivity contribution in [3.8, 4) is 11.5 Å². The number of nitrogens with one attached hydrogen (secondary N) is 2. The van der Waals surface area contributed by atoms with Crippen LogP contribution in [0.15, 0.2) is 36.4 Å². The topological polar surface area (TPSA) is 59.2 Å². The Bertz CT molecular complexity index is 788. The van der Waals surface area contributed by atoms with E-state index in [-0.39, 0.29) is 5.82 Å². The summed E-state index contributed by atoms with van der Waals surface area (Å²) in [4.78, 5) is 7.64. The van der Waals surface area contributed by atoms with Gasteiger partial charge in [-0.05, 0) is 17.7 Å². The molecule has 2 heterocycles. The molecular formula is C16H14FN3O2. The van der Waals surface area contributed by atoms with Crippen LogP contribution in [0.3, 0.4) is 0 Å². The number of imidazole rings is 1. The number of benzene rings is 2. The van der Waals surface area contributed by atoms with Crippen LogP contribution in [-0.2, 0) is 6.54 Å². The van der Waals surface area contributed by atoms with E-state index < -0.39 is 0 Å². The van der Waals surface area contributed by atoms with Gasteiger partial charge >= 0.3 is 0 Å². The number of aromatic nitrogens is 2. The molecule has 2 N–H and O–H groups in total. The van der Waals surface area contributed by atoms with Crippen LogP contribution in [0.5, 0.6) is 11.5 Å². The number of anilines is 1. The van der Waals surface area contributed by atoms with Gasteiger partial charge in [0.2, 0.25) is 5.95 Å². The van der Waals surface area contributed by atoms with Gasteiger partial charge in [0.1, 0.15) is 19.0 Å². The molecule has 0 radical (unpaired) electrons. The fraction of sp³-hybridized carbons (Fsp3) is 0.188. The largest absolute Gasteiger partial charge is 0.486 e. The van der Waals surface area contributed by atoms with E-state index >= 15 is 0 Å². The van der Waals surface area contributed by atoms with Gasteiger partial charge in [0, 0.05) is 18.7 Å². The number of halogens is 1. The van der Waals surface area contributed by atoms with Gasteiger partial charge in [-0.3, -0.25) is 0 Å². The maximum Gasteiger partial charge on any atom is 0.201 e. The SMILES string of the molecule is Fc1cccc(CNc2nc3cc4c(cc3[nH]2)OCCO4)c1. The fourth-order valence-electron chi connectivity index (χ4n) is 2.46. The summed E-state index contributed by atoms with van der Waals surface area (Å²) in [6.07, 6.45) is 0. The smallest absolute Gasteiger partial charge is 0.201 e. The molecule has 0 fully saturated rings. The summed E-state index contributed by atoms with van der Waals surface area (Å²) in [5, 5.41) is 3.15. The third-order valence-electron chi connectivity index (χ3n) is 3.49. The molecule has 0 aliphatic carbocycles.